The zero-order valence-electron chi connectivity index (χ0n) is 15.8. The minimum absolute atomic E-state index is 0.298. The summed E-state index contributed by atoms with van der Waals surface area (Å²) in [5.74, 6) is 1.75. The van der Waals surface area contributed by atoms with Crippen LogP contribution in [0, 0.1) is 0 Å². The van der Waals surface area contributed by atoms with Gasteiger partial charge in [0.05, 0.1) is 33.2 Å². The van der Waals surface area contributed by atoms with Crippen molar-refractivity contribution in [3.8, 4) is 17.2 Å². The highest BCUT2D eigenvalue weighted by Crippen LogP contribution is 2.38. The molecule has 2 N–H and O–H groups in total. The number of methoxy groups -OCH3 is 3. The molecule has 0 saturated heterocycles. The first kappa shape index (κ1) is 19.4. The van der Waals surface area contributed by atoms with Crippen molar-refractivity contribution in [3.63, 3.8) is 0 Å². The maximum Gasteiger partial charge on any atom is 0.255 e. The molecule has 1 heterocycles. The van der Waals surface area contributed by atoms with Crippen molar-refractivity contribution in [2.24, 2.45) is 0 Å². The van der Waals surface area contributed by atoms with Gasteiger partial charge in [-0.3, -0.25) is 4.79 Å². The molecule has 0 radical (unpaired) electrons. The number of carbonyl (C=O) groups is 1. The van der Waals surface area contributed by atoms with Crippen molar-refractivity contribution in [2.45, 2.75) is 26.3 Å². The second kappa shape index (κ2) is 8.94. The number of rotatable bonds is 8. The molecule has 1 unspecified atom stereocenters. The number of nitrogens with one attached hydrogen (secondary N) is 2. The van der Waals surface area contributed by atoms with E-state index in [1.807, 2.05) is 6.07 Å². The predicted molar refractivity (Wildman–Crippen MR) is 102 cm³/mol. The topological polar surface area (TPSA) is 81.7 Å². The van der Waals surface area contributed by atoms with Crippen LogP contribution in [-0.2, 0) is 0 Å². The lowest BCUT2D eigenvalue weighted by Crippen LogP contribution is -2.15. The molecule has 2 rings (SSSR count). The minimum Gasteiger partial charge on any atom is -0.493 e. The molecule has 26 heavy (non-hydrogen) atoms. The molecule has 1 aromatic heterocycles. The fraction of sp³-hybridized carbons (Fsp3) is 0.368. The molecule has 0 aliphatic carbocycles. The largest absolute Gasteiger partial charge is 0.493 e. The van der Waals surface area contributed by atoms with Gasteiger partial charge in [-0.05, 0) is 37.6 Å². The van der Waals surface area contributed by atoms with E-state index in [-0.39, 0.29) is 5.91 Å². The number of anilines is 2. The van der Waals surface area contributed by atoms with E-state index in [9.17, 15) is 4.79 Å². The van der Waals surface area contributed by atoms with Crippen LogP contribution in [-0.4, -0.2) is 38.3 Å². The third-order valence-electron chi connectivity index (χ3n) is 3.95. The zero-order valence-corrected chi connectivity index (χ0v) is 15.8. The monoisotopic (exact) mass is 359 g/mol. The van der Waals surface area contributed by atoms with Crippen LogP contribution in [0.15, 0.2) is 30.5 Å². The van der Waals surface area contributed by atoms with E-state index < -0.39 is 0 Å². The summed E-state index contributed by atoms with van der Waals surface area (Å²) in [6, 6.07) is 7.17. The SMILES string of the molecule is CCC(C)Nc1ccc(NC(=O)c2cc(OC)c(OC)c(OC)c2)cn1. The van der Waals surface area contributed by atoms with Gasteiger partial charge in [0.25, 0.3) is 5.91 Å². The quantitative estimate of drug-likeness (QED) is 0.750. The van der Waals surface area contributed by atoms with Gasteiger partial charge in [-0.25, -0.2) is 4.98 Å². The smallest absolute Gasteiger partial charge is 0.255 e. The first-order chi connectivity index (χ1) is 12.5. The van der Waals surface area contributed by atoms with Gasteiger partial charge >= 0.3 is 0 Å². The van der Waals surface area contributed by atoms with Gasteiger partial charge in [0.15, 0.2) is 11.5 Å². The standard InChI is InChI=1S/C19H25N3O4/c1-6-12(2)21-17-8-7-14(11-20-17)22-19(23)13-9-15(24-3)18(26-5)16(10-13)25-4/h7-12H,6H2,1-5H3,(H,20,21)(H,22,23). The Balaban J connectivity index is 2.17. The number of pyridine rings is 1. The van der Waals surface area contributed by atoms with Gasteiger partial charge in [0, 0.05) is 11.6 Å². The first-order valence-corrected chi connectivity index (χ1v) is 8.36. The van der Waals surface area contributed by atoms with Crippen molar-refractivity contribution in [1.82, 2.24) is 4.98 Å². The number of ether oxygens (including phenoxy) is 3. The molecule has 0 spiro atoms. The van der Waals surface area contributed by atoms with Crippen LogP contribution < -0.4 is 24.8 Å². The molecule has 1 amide bonds. The van der Waals surface area contributed by atoms with E-state index in [1.165, 1.54) is 21.3 Å². The molecular weight excluding hydrogens is 334 g/mol. The van der Waals surface area contributed by atoms with Gasteiger partial charge in [-0.1, -0.05) is 6.92 Å². The third-order valence-corrected chi connectivity index (χ3v) is 3.95. The molecule has 7 heteroatoms. The summed E-state index contributed by atoms with van der Waals surface area (Å²) in [4.78, 5) is 16.9. The number of benzene rings is 1. The van der Waals surface area contributed by atoms with Crippen molar-refractivity contribution in [2.75, 3.05) is 32.0 Å². The van der Waals surface area contributed by atoms with Gasteiger partial charge in [0.2, 0.25) is 5.75 Å². The number of hydrogen-bond acceptors (Lipinski definition) is 6. The highest BCUT2D eigenvalue weighted by molar-refractivity contribution is 6.05. The average molecular weight is 359 g/mol. The molecular formula is C19H25N3O4. The lowest BCUT2D eigenvalue weighted by molar-refractivity contribution is 0.102. The van der Waals surface area contributed by atoms with Crippen molar-refractivity contribution >= 4 is 17.4 Å². The molecule has 1 atom stereocenters. The zero-order chi connectivity index (χ0) is 19.1. The lowest BCUT2D eigenvalue weighted by Gasteiger charge is -2.14. The summed E-state index contributed by atoms with van der Waals surface area (Å²) in [7, 11) is 4.53. The summed E-state index contributed by atoms with van der Waals surface area (Å²) in [6.45, 7) is 4.19. The molecule has 1 aromatic carbocycles. The molecule has 2 aromatic rings. The Labute approximate surface area is 153 Å². The first-order valence-electron chi connectivity index (χ1n) is 8.36. The Morgan fingerprint density at radius 2 is 1.77 bits per heavy atom. The lowest BCUT2D eigenvalue weighted by atomic mass is 10.1. The Hall–Kier alpha value is -2.96. The summed E-state index contributed by atoms with van der Waals surface area (Å²) in [5, 5.41) is 6.09. The second-order valence-electron chi connectivity index (χ2n) is 5.75. The predicted octanol–water partition coefficient (Wildman–Crippen LogP) is 3.57. The maximum atomic E-state index is 12.6. The molecule has 0 saturated carbocycles. The van der Waals surface area contributed by atoms with E-state index in [2.05, 4.69) is 29.5 Å². The van der Waals surface area contributed by atoms with Crippen LogP contribution in [0.3, 0.4) is 0 Å². The Morgan fingerprint density at radius 1 is 1.12 bits per heavy atom. The van der Waals surface area contributed by atoms with Gasteiger partial charge in [-0.2, -0.15) is 0 Å². The number of aromatic nitrogens is 1. The summed E-state index contributed by atoms with van der Waals surface area (Å²) < 4.78 is 15.8. The Kier molecular flexibility index (Phi) is 6.66. The maximum absolute atomic E-state index is 12.6. The number of nitrogens with zero attached hydrogens (tertiary/aromatic N) is 1. The van der Waals surface area contributed by atoms with E-state index >= 15 is 0 Å². The number of amides is 1. The van der Waals surface area contributed by atoms with Crippen LogP contribution in [0.1, 0.15) is 30.6 Å². The molecule has 140 valence electrons. The summed E-state index contributed by atoms with van der Waals surface area (Å²) in [6.07, 6.45) is 2.61. The highest BCUT2D eigenvalue weighted by Gasteiger charge is 2.17. The van der Waals surface area contributed by atoms with E-state index in [1.54, 1.807) is 24.4 Å². The summed E-state index contributed by atoms with van der Waals surface area (Å²) in [5.41, 5.74) is 0.986. The molecule has 0 aliphatic rings. The van der Waals surface area contributed by atoms with Crippen molar-refractivity contribution in [3.05, 3.63) is 36.0 Å². The number of hydrogen-bond donors (Lipinski definition) is 2. The Morgan fingerprint density at radius 3 is 2.23 bits per heavy atom. The van der Waals surface area contributed by atoms with E-state index in [0.29, 0.717) is 34.5 Å². The fourth-order valence-electron chi connectivity index (χ4n) is 2.32. The van der Waals surface area contributed by atoms with E-state index in [4.69, 9.17) is 14.2 Å². The third kappa shape index (κ3) is 4.56. The normalized spacial score (nSPS) is 11.4. The van der Waals surface area contributed by atoms with Crippen LogP contribution in [0.4, 0.5) is 11.5 Å². The van der Waals surface area contributed by atoms with Gasteiger partial charge in [-0.15, -0.1) is 0 Å². The number of carbonyl (C=O) groups excluding carboxylic acids is 1. The van der Waals surface area contributed by atoms with Gasteiger partial charge in [0.1, 0.15) is 5.82 Å². The Bertz CT molecular complexity index is 722. The van der Waals surface area contributed by atoms with E-state index in [0.717, 1.165) is 12.2 Å². The minimum atomic E-state index is -0.298. The average Bonchev–Trinajstić information content (AvgIpc) is 2.67. The van der Waals surface area contributed by atoms with Crippen LogP contribution in [0.25, 0.3) is 0 Å². The van der Waals surface area contributed by atoms with Crippen LogP contribution >= 0.6 is 0 Å². The molecule has 0 bridgehead atoms. The highest BCUT2D eigenvalue weighted by atomic mass is 16.5. The second-order valence-corrected chi connectivity index (χ2v) is 5.75. The van der Waals surface area contributed by atoms with Gasteiger partial charge < -0.3 is 24.8 Å². The fourth-order valence-corrected chi connectivity index (χ4v) is 2.32. The summed E-state index contributed by atoms with van der Waals surface area (Å²) >= 11 is 0. The van der Waals surface area contributed by atoms with Crippen molar-refractivity contribution < 1.29 is 19.0 Å². The van der Waals surface area contributed by atoms with Crippen LogP contribution in [0.5, 0.6) is 17.2 Å². The molecule has 0 aliphatic heterocycles. The van der Waals surface area contributed by atoms with Crippen molar-refractivity contribution in [1.29, 1.82) is 0 Å². The molecule has 0 fully saturated rings. The molecule has 7 nitrogen and oxygen atoms in total. The van der Waals surface area contributed by atoms with Crippen LogP contribution in [0.2, 0.25) is 0 Å².